The molecule has 2 aromatic rings. The van der Waals surface area contributed by atoms with E-state index in [1.54, 1.807) is 20.1 Å². The molecule has 1 heterocycles. The molecule has 0 saturated heterocycles. The molecule has 83 heavy (non-hydrogen) atoms. The summed E-state index contributed by atoms with van der Waals surface area (Å²) in [6.07, 6.45) is 1.68. The number of aliphatic hydroxyl groups excluding tert-OH is 2. The second-order valence-electron chi connectivity index (χ2n) is 19.9. The highest BCUT2D eigenvalue weighted by Crippen LogP contribution is 2.15. The Morgan fingerprint density at radius 1 is 0.639 bits per heavy atom. The molecule has 10 amide bonds. The van der Waals surface area contributed by atoms with Gasteiger partial charge in [-0.25, -0.2) is 4.98 Å². The zero-order valence-corrected chi connectivity index (χ0v) is 47.9. The lowest BCUT2D eigenvalue weighted by Gasteiger charge is -2.29. The number of nitrogens with two attached hydrogens (primary N) is 4. The fourth-order valence-corrected chi connectivity index (χ4v) is 8.51. The van der Waals surface area contributed by atoms with Gasteiger partial charge >= 0.3 is 5.97 Å². The van der Waals surface area contributed by atoms with Gasteiger partial charge in [0, 0.05) is 38.2 Å². The smallest absolute Gasteiger partial charge is 0.305 e. The first-order valence-electron chi connectivity index (χ1n) is 26.7. The predicted molar refractivity (Wildman–Crippen MR) is 303 cm³/mol. The first-order chi connectivity index (χ1) is 39.2. The number of phenols is 1. The van der Waals surface area contributed by atoms with Crippen molar-refractivity contribution in [2.24, 2.45) is 33.8 Å². The summed E-state index contributed by atoms with van der Waals surface area (Å²) in [7, 11) is 0. The molecule has 0 saturated carbocycles. The number of amides is 10. The van der Waals surface area contributed by atoms with Gasteiger partial charge in [0.15, 0.2) is 5.96 Å². The second kappa shape index (κ2) is 37.1. The van der Waals surface area contributed by atoms with Crippen molar-refractivity contribution < 1.29 is 73.2 Å². The Balaban J connectivity index is 2.54. The number of rotatable bonds is 39. The number of H-pyrrole nitrogens is 1. The molecule has 0 radical (unpaired) electrons. The van der Waals surface area contributed by atoms with Crippen molar-refractivity contribution in [3.8, 4) is 5.75 Å². The van der Waals surface area contributed by atoms with E-state index in [2.05, 4.69) is 62.8 Å². The van der Waals surface area contributed by atoms with Crippen LogP contribution in [0.3, 0.4) is 0 Å². The molecule has 2 rings (SSSR count). The van der Waals surface area contributed by atoms with Crippen LogP contribution in [-0.4, -0.2) is 194 Å². The third-order valence-corrected chi connectivity index (χ3v) is 13.0. The van der Waals surface area contributed by atoms with Crippen LogP contribution < -0.4 is 70.8 Å². The van der Waals surface area contributed by atoms with E-state index >= 15 is 0 Å². The highest BCUT2D eigenvalue weighted by Gasteiger charge is 2.37. The number of nitrogens with zero attached hydrogens (tertiary/aromatic N) is 2. The van der Waals surface area contributed by atoms with E-state index in [-0.39, 0.29) is 87.8 Å². The van der Waals surface area contributed by atoms with E-state index in [9.17, 15) is 73.2 Å². The number of hydrogen-bond donors (Lipinski definition) is 18. The fourth-order valence-electron chi connectivity index (χ4n) is 8.04. The zero-order valence-electron chi connectivity index (χ0n) is 47.1. The number of imidazole rings is 1. The average molecular weight is 1190 g/mol. The number of aliphatic carboxylic acids is 1. The standard InChI is InChI=1S/C51H82N16O15S/c1-26(2)19-36(46(78)63-35(42(53)74)21-30-23-56-25-58-30)64-44(76)33(10-8-17-57-51(54)55)61-47(79)37(20-29-11-13-31(71)14-12-29)65-43(75)32(9-6-7-16-52)60-48(80)38(22-40(72)73)66-50(82)41(27(3)69)67-45(77)34(15-18-83-5)62-49(81)39(24-68)59-28(4)70/h11-14,23,25-27,32-39,41,68-69,71H,6-10,15-22,24,52H2,1-5H3,(H2,53,74)(H,56,58)(H,59,70)(H,60,80)(H,61,79)(H,62,81)(H,63,78)(H,64,76)(H,65,75)(H,66,82)(H,67,77)(H,72,73)(H4,54,55,57)/t27-,32+,33+,34+,35+,36+,37+,38+,39+,41+/m1/s1. The van der Waals surface area contributed by atoms with E-state index in [4.69, 9.17) is 22.9 Å². The largest absolute Gasteiger partial charge is 0.508 e. The Morgan fingerprint density at radius 3 is 1.65 bits per heavy atom. The van der Waals surface area contributed by atoms with Gasteiger partial charge in [0.2, 0.25) is 59.1 Å². The number of phenolic OH excluding ortho intramolecular Hbond substituents is 1. The summed E-state index contributed by atoms with van der Waals surface area (Å²) >= 11 is 1.29. The number of primary amides is 1. The normalized spacial score (nSPS) is 14.7. The number of aromatic nitrogens is 2. The van der Waals surface area contributed by atoms with Crippen molar-refractivity contribution in [2.75, 3.05) is 31.7 Å². The lowest BCUT2D eigenvalue weighted by atomic mass is 10.0. The third-order valence-electron chi connectivity index (χ3n) is 12.3. The Labute approximate surface area is 484 Å². The predicted octanol–water partition coefficient (Wildman–Crippen LogP) is -5.40. The van der Waals surface area contributed by atoms with Crippen LogP contribution in [0.5, 0.6) is 5.75 Å². The Hall–Kier alpha value is -8.10. The van der Waals surface area contributed by atoms with Gasteiger partial charge in [0.1, 0.15) is 60.1 Å². The number of carboxylic acid groups (broad SMARTS) is 1. The number of aromatic hydroxyl groups is 1. The van der Waals surface area contributed by atoms with E-state index in [1.807, 2.05) is 0 Å². The number of unbranched alkanes of at least 4 members (excludes halogenated alkanes) is 1. The maximum absolute atomic E-state index is 14.6. The lowest BCUT2D eigenvalue weighted by Crippen LogP contribution is -2.62. The van der Waals surface area contributed by atoms with Crippen LogP contribution in [0, 0.1) is 5.92 Å². The summed E-state index contributed by atoms with van der Waals surface area (Å²) < 4.78 is 0. The summed E-state index contributed by atoms with van der Waals surface area (Å²) in [5.41, 5.74) is 23.3. The molecule has 0 spiro atoms. The van der Waals surface area contributed by atoms with Gasteiger partial charge in [0.05, 0.1) is 25.5 Å². The molecule has 0 fully saturated rings. The molecule has 0 unspecified atom stereocenters. The molecule has 1 aromatic carbocycles. The molecule has 32 heteroatoms. The summed E-state index contributed by atoms with van der Waals surface area (Å²) in [5.74, 6) is -11.5. The number of hydrogen-bond acceptors (Lipinski definition) is 18. The summed E-state index contributed by atoms with van der Waals surface area (Å²) in [6, 6.07) is -8.24. The second-order valence-corrected chi connectivity index (χ2v) is 20.9. The Bertz CT molecular complexity index is 2500. The quantitative estimate of drug-likeness (QED) is 0.0169. The molecule has 0 bridgehead atoms. The number of carboxylic acids is 1. The van der Waals surface area contributed by atoms with Crippen molar-refractivity contribution in [3.05, 3.63) is 48.0 Å². The van der Waals surface area contributed by atoms with E-state index < -0.39 is 139 Å². The summed E-state index contributed by atoms with van der Waals surface area (Å²) in [4.78, 5) is 159. The molecule has 462 valence electrons. The monoisotopic (exact) mass is 1190 g/mol. The maximum Gasteiger partial charge on any atom is 0.305 e. The van der Waals surface area contributed by atoms with E-state index in [0.29, 0.717) is 17.7 Å². The number of carbonyl (C=O) groups is 11. The molecule has 0 aliphatic rings. The van der Waals surface area contributed by atoms with Gasteiger partial charge in [-0.15, -0.1) is 0 Å². The molecular weight excluding hydrogens is 1110 g/mol. The number of thioether (sulfide) groups is 1. The zero-order chi connectivity index (χ0) is 62.3. The number of carbonyl (C=O) groups excluding carboxylic acids is 10. The van der Waals surface area contributed by atoms with Crippen LogP contribution in [0.15, 0.2) is 41.8 Å². The first-order valence-corrected chi connectivity index (χ1v) is 28.1. The van der Waals surface area contributed by atoms with Crippen LogP contribution in [0.2, 0.25) is 0 Å². The van der Waals surface area contributed by atoms with Gasteiger partial charge < -0.3 is 96.2 Å². The molecule has 1 aromatic heterocycles. The average Bonchev–Trinajstić information content (AvgIpc) is 3.98. The van der Waals surface area contributed by atoms with Gasteiger partial charge in [-0.3, -0.25) is 57.7 Å². The number of guanidine groups is 1. The van der Waals surface area contributed by atoms with Crippen LogP contribution in [0.1, 0.15) is 90.3 Å². The number of aromatic amines is 1. The van der Waals surface area contributed by atoms with Gasteiger partial charge in [-0.1, -0.05) is 26.0 Å². The van der Waals surface area contributed by atoms with Crippen LogP contribution in [0.4, 0.5) is 0 Å². The van der Waals surface area contributed by atoms with Gasteiger partial charge in [-0.2, -0.15) is 11.8 Å². The first kappa shape index (κ1) is 71.0. The minimum atomic E-state index is -1.98. The topological polar surface area (TPSA) is 522 Å². The van der Waals surface area contributed by atoms with Crippen molar-refractivity contribution in [1.29, 1.82) is 0 Å². The molecular formula is C51H82N16O15S. The minimum absolute atomic E-state index is 0.00561. The van der Waals surface area contributed by atoms with Crippen LogP contribution in [0.25, 0.3) is 0 Å². The number of aliphatic hydroxyl groups is 2. The number of aliphatic imine (C=N–C) groups is 1. The minimum Gasteiger partial charge on any atom is -0.508 e. The van der Waals surface area contributed by atoms with E-state index in [1.165, 1.54) is 48.6 Å². The molecule has 0 aliphatic carbocycles. The highest BCUT2D eigenvalue weighted by molar-refractivity contribution is 7.98. The van der Waals surface area contributed by atoms with Crippen molar-refractivity contribution in [3.63, 3.8) is 0 Å². The van der Waals surface area contributed by atoms with Crippen molar-refractivity contribution in [1.82, 2.24) is 57.8 Å². The summed E-state index contributed by atoms with van der Waals surface area (Å²) in [6.45, 7) is 5.07. The van der Waals surface area contributed by atoms with E-state index in [0.717, 1.165) is 13.8 Å². The number of nitrogens with one attached hydrogen (secondary N) is 10. The van der Waals surface area contributed by atoms with Gasteiger partial charge in [-0.05, 0) is 94.0 Å². The molecule has 22 N–H and O–H groups in total. The Morgan fingerprint density at radius 2 is 1.14 bits per heavy atom. The number of benzene rings is 1. The SMILES string of the molecule is CSCC[C@H](NC(=O)[C@H](CO)NC(C)=O)C(=O)N[C@H](C(=O)N[C@@H](CC(=O)O)C(=O)N[C@@H](CCCCN)C(=O)N[C@@H](Cc1ccc(O)cc1)C(=O)N[C@@H](CCCN=C(N)N)C(=O)N[C@@H](CC(C)C)C(=O)N[C@@H](Cc1cnc[nH]1)C(N)=O)[C@@H](C)O. The third kappa shape index (κ3) is 27.0. The molecule has 31 nitrogen and oxygen atoms in total. The van der Waals surface area contributed by atoms with Crippen LogP contribution in [-0.2, 0) is 65.6 Å². The summed E-state index contributed by atoms with van der Waals surface area (Å²) in [5, 5.41) is 62.3. The Kier molecular flexibility index (Phi) is 31.7. The molecule has 0 aliphatic heterocycles. The lowest BCUT2D eigenvalue weighted by molar-refractivity contribution is -0.142. The van der Waals surface area contributed by atoms with Gasteiger partial charge in [0.25, 0.3) is 0 Å². The molecule has 10 atom stereocenters. The fraction of sp³-hybridized carbons (Fsp3) is 0.588. The maximum atomic E-state index is 14.6. The van der Waals surface area contributed by atoms with Crippen LogP contribution >= 0.6 is 11.8 Å². The van der Waals surface area contributed by atoms with Crippen molar-refractivity contribution in [2.45, 2.75) is 152 Å². The highest BCUT2D eigenvalue weighted by atomic mass is 32.2. The van der Waals surface area contributed by atoms with Crippen molar-refractivity contribution >= 4 is 82.8 Å².